The fourth-order valence-electron chi connectivity index (χ4n) is 0.844. The van der Waals surface area contributed by atoms with Gasteiger partial charge in [0.2, 0.25) is 0 Å². The van der Waals surface area contributed by atoms with Gasteiger partial charge in [-0.05, 0) is 11.6 Å². The predicted molar refractivity (Wildman–Crippen MR) is 47.4 cm³/mol. The maximum atomic E-state index is 9.09. The first-order valence-electron chi connectivity index (χ1n) is 3.19. The molecule has 4 heteroatoms. The van der Waals surface area contributed by atoms with Crippen molar-refractivity contribution in [2.75, 3.05) is 0 Å². The fraction of sp³-hybridized carbons (Fsp3) is 0.125. The van der Waals surface area contributed by atoms with Crippen molar-refractivity contribution < 1.29 is 5.11 Å². The third kappa shape index (κ3) is 1.82. The van der Waals surface area contributed by atoms with Crippen LogP contribution < -0.4 is 0 Å². The molecule has 0 fully saturated rings. The molecule has 0 saturated heterocycles. The number of hydrogen-bond acceptors (Lipinski definition) is 2. The topological polar surface area (TPSA) is 44.0 Å². The van der Waals surface area contributed by atoms with E-state index in [0.717, 1.165) is 0 Å². The van der Waals surface area contributed by atoms with E-state index in [0.29, 0.717) is 10.6 Å². The Bertz CT molecular complexity index is 344. The molecule has 1 rings (SSSR count). The quantitative estimate of drug-likeness (QED) is 0.760. The monoisotopic (exact) mass is 201 g/mol. The molecule has 0 saturated carbocycles. The molecule has 0 heterocycles. The summed E-state index contributed by atoms with van der Waals surface area (Å²) in [7, 11) is 0. The Labute approximate surface area is 80.0 Å². The lowest BCUT2D eigenvalue weighted by Gasteiger charge is -2.02. The smallest absolute Gasteiger partial charge is 0.117 e. The molecular weight excluding hydrogens is 197 g/mol. The van der Waals surface area contributed by atoms with Crippen LogP contribution in [0.1, 0.15) is 5.56 Å². The number of aromatic hydroxyl groups is 1. The highest BCUT2D eigenvalue weighted by Crippen LogP contribution is 2.30. The Morgan fingerprint density at radius 3 is 2.67 bits per heavy atom. The lowest BCUT2D eigenvalue weighted by molar-refractivity contribution is 0.475. The van der Waals surface area contributed by atoms with Gasteiger partial charge in [-0.2, -0.15) is 5.26 Å². The van der Waals surface area contributed by atoms with Gasteiger partial charge in [0.1, 0.15) is 5.75 Å². The summed E-state index contributed by atoms with van der Waals surface area (Å²) < 4.78 is 0. The first-order valence-corrected chi connectivity index (χ1v) is 3.94. The molecule has 0 aliphatic rings. The Morgan fingerprint density at radius 2 is 2.08 bits per heavy atom. The number of hydrogen-bond donors (Lipinski definition) is 1. The standard InChI is InChI=1S/C8H5Cl2NO/c9-7-4-6(12)3-5(1-2-11)8(7)10/h3-4,12H,1H2. The van der Waals surface area contributed by atoms with Crippen molar-refractivity contribution in [2.24, 2.45) is 0 Å². The number of halogens is 2. The van der Waals surface area contributed by atoms with Gasteiger partial charge in [0.05, 0.1) is 22.5 Å². The van der Waals surface area contributed by atoms with E-state index < -0.39 is 0 Å². The molecule has 62 valence electrons. The summed E-state index contributed by atoms with van der Waals surface area (Å²) in [6, 6.07) is 4.69. The lowest BCUT2D eigenvalue weighted by Crippen LogP contribution is -1.84. The van der Waals surface area contributed by atoms with Gasteiger partial charge in [0, 0.05) is 6.07 Å². The lowest BCUT2D eigenvalue weighted by atomic mass is 10.1. The van der Waals surface area contributed by atoms with Crippen LogP contribution in [0.4, 0.5) is 0 Å². The molecule has 1 N–H and O–H groups in total. The van der Waals surface area contributed by atoms with Crippen LogP contribution in [0.3, 0.4) is 0 Å². The average molecular weight is 202 g/mol. The van der Waals surface area contributed by atoms with Crippen molar-refractivity contribution in [2.45, 2.75) is 6.42 Å². The summed E-state index contributed by atoms with van der Waals surface area (Å²) in [4.78, 5) is 0. The molecule has 0 aliphatic carbocycles. The van der Waals surface area contributed by atoms with Crippen LogP contribution in [0.25, 0.3) is 0 Å². The van der Waals surface area contributed by atoms with Crippen molar-refractivity contribution in [3.8, 4) is 11.8 Å². The van der Waals surface area contributed by atoms with Gasteiger partial charge in [0.15, 0.2) is 0 Å². The molecule has 0 aliphatic heterocycles. The van der Waals surface area contributed by atoms with Crippen LogP contribution >= 0.6 is 23.2 Å². The van der Waals surface area contributed by atoms with Crippen molar-refractivity contribution in [1.82, 2.24) is 0 Å². The van der Waals surface area contributed by atoms with Crippen molar-refractivity contribution in [3.63, 3.8) is 0 Å². The van der Waals surface area contributed by atoms with Crippen LogP contribution in [0, 0.1) is 11.3 Å². The van der Waals surface area contributed by atoms with Crippen LogP contribution in [-0.4, -0.2) is 5.11 Å². The third-order valence-corrected chi connectivity index (χ3v) is 2.20. The predicted octanol–water partition coefficient (Wildman–Crippen LogP) is 2.77. The van der Waals surface area contributed by atoms with Crippen LogP contribution in [0.5, 0.6) is 5.75 Å². The Balaban J connectivity index is 3.20. The third-order valence-electron chi connectivity index (χ3n) is 1.36. The molecule has 12 heavy (non-hydrogen) atoms. The van der Waals surface area contributed by atoms with E-state index in [4.69, 9.17) is 33.6 Å². The van der Waals surface area contributed by atoms with Gasteiger partial charge in [0.25, 0.3) is 0 Å². The maximum Gasteiger partial charge on any atom is 0.117 e. The van der Waals surface area contributed by atoms with Gasteiger partial charge in [-0.15, -0.1) is 0 Å². The zero-order chi connectivity index (χ0) is 9.14. The number of nitriles is 1. The summed E-state index contributed by atoms with van der Waals surface area (Å²) >= 11 is 11.4. The number of rotatable bonds is 1. The summed E-state index contributed by atoms with van der Waals surface area (Å²) in [5.41, 5.74) is 0.546. The van der Waals surface area contributed by atoms with Crippen molar-refractivity contribution in [1.29, 1.82) is 5.26 Å². The number of nitrogens with zero attached hydrogens (tertiary/aromatic N) is 1. The molecule has 0 radical (unpaired) electrons. The summed E-state index contributed by atoms with van der Waals surface area (Å²) in [5.74, 6) is 0.0228. The Morgan fingerprint density at radius 1 is 1.42 bits per heavy atom. The molecule has 2 nitrogen and oxygen atoms in total. The minimum atomic E-state index is 0.0228. The van der Waals surface area contributed by atoms with Crippen LogP contribution in [0.2, 0.25) is 10.0 Å². The number of phenolic OH excluding ortho intramolecular Hbond substituents is 1. The largest absolute Gasteiger partial charge is 0.508 e. The molecule has 0 bridgehead atoms. The van der Waals surface area contributed by atoms with Crippen LogP contribution in [-0.2, 0) is 6.42 Å². The van der Waals surface area contributed by atoms with E-state index in [1.807, 2.05) is 6.07 Å². The molecule has 0 amide bonds. The van der Waals surface area contributed by atoms with E-state index in [1.165, 1.54) is 12.1 Å². The first-order chi connectivity index (χ1) is 5.65. The second kappa shape index (κ2) is 3.66. The van der Waals surface area contributed by atoms with E-state index >= 15 is 0 Å². The highest BCUT2D eigenvalue weighted by atomic mass is 35.5. The molecule has 0 aromatic heterocycles. The summed E-state index contributed by atoms with van der Waals surface area (Å²) in [5, 5.41) is 18.1. The van der Waals surface area contributed by atoms with E-state index in [1.54, 1.807) is 0 Å². The average Bonchev–Trinajstić information content (AvgIpc) is 2.00. The van der Waals surface area contributed by atoms with Crippen LogP contribution in [0.15, 0.2) is 12.1 Å². The van der Waals surface area contributed by atoms with Gasteiger partial charge < -0.3 is 5.11 Å². The summed E-state index contributed by atoms with van der Waals surface area (Å²) in [6.45, 7) is 0. The Hall–Kier alpha value is -0.910. The van der Waals surface area contributed by atoms with Crippen molar-refractivity contribution >= 4 is 23.2 Å². The first kappa shape index (κ1) is 9.18. The molecule has 0 atom stereocenters. The second-order valence-electron chi connectivity index (χ2n) is 2.24. The highest BCUT2D eigenvalue weighted by Gasteiger charge is 2.06. The minimum Gasteiger partial charge on any atom is -0.508 e. The maximum absolute atomic E-state index is 9.09. The van der Waals surface area contributed by atoms with Gasteiger partial charge >= 0.3 is 0 Å². The van der Waals surface area contributed by atoms with Gasteiger partial charge in [-0.1, -0.05) is 23.2 Å². The van der Waals surface area contributed by atoms with Gasteiger partial charge in [-0.3, -0.25) is 0 Å². The molecule has 0 unspecified atom stereocenters. The number of benzene rings is 1. The zero-order valence-corrected chi connectivity index (χ0v) is 7.52. The fourth-order valence-corrected chi connectivity index (χ4v) is 1.25. The molecular formula is C8H5Cl2NO. The zero-order valence-electron chi connectivity index (χ0n) is 6.01. The normalized spacial score (nSPS) is 9.42. The molecule has 1 aromatic carbocycles. The SMILES string of the molecule is N#CCc1cc(O)cc(Cl)c1Cl. The van der Waals surface area contributed by atoms with E-state index in [2.05, 4.69) is 0 Å². The molecule has 0 spiro atoms. The van der Waals surface area contributed by atoms with E-state index in [9.17, 15) is 0 Å². The van der Waals surface area contributed by atoms with E-state index in [-0.39, 0.29) is 17.2 Å². The molecule has 1 aromatic rings. The number of phenols is 1. The second-order valence-corrected chi connectivity index (χ2v) is 3.02. The van der Waals surface area contributed by atoms with Gasteiger partial charge in [-0.25, -0.2) is 0 Å². The minimum absolute atomic E-state index is 0.0228. The Kier molecular flexibility index (Phi) is 2.80. The van der Waals surface area contributed by atoms with Crippen molar-refractivity contribution in [3.05, 3.63) is 27.7 Å². The highest BCUT2D eigenvalue weighted by molar-refractivity contribution is 6.42. The summed E-state index contributed by atoms with van der Waals surface area (Å²) in [6.07, 6.45) is 0.146.